The lowest BCUT2D eigenvalue weighted by molar-refractivity contribution is 0.466. The molecule has 0 saturated heterocycles. The van der Waals surface area contributed by atoms with Gasteiger partial charge in [-0.15, -0.1) is 6.58 Å². The molecule has 0 aromatic heterocycles. The third-order valence-corrected chi connectivity index (χ3v) is 3.23. The van der Waals surface area contributed by atoms with E-state index < -0.39 is 0 Å². The lowest BCUT2D eigenvalue weighted by Gasteiger charge is -2.22. The highest BCUT2D eigenvalue weighted by atomic mass is 14.9. The van der Waals surface area contributed by atoms with Crippen LogP contribution in [0, 0.1) is 5.92 Å². The summed E-state index contributed by atoms with van der Waals surface area (Å²) >= 11 is 0. The van der Waals surface area contributed by atoms with Crippen LogP contribution in [0.4, 0.5) is 0 Å². The molecule has 1 nitrogen and oxygen atoms in total. The zero-order chi connectivity index (χ0) is 11.2. The van der Waals surface area contributed by atoms with Crippen LogP contribution in [0.5, 0.6) is 0 Å². The molecule has 1 N–H and O–H groups in total. The zero-order valence-corrected chi connectivity index (χ0v) is 9.65. The van der Waals surface area contributed by atoms with Gasteiger partial charge in [-0.2, -0.15) is 0 Å². The maximum absolute atomic E-state index is 3.77. The van der Waals surface area contributed by atoms with Gasteiger partial charge in [0.2, 0.25) is 0 Å². The van der Waals surface area contributed by atoms with Crippen molar-refractivity contribution >= 4 is 0 Å². The Morgan fingerprint density at radius 3 is 3.25 bits per heavy atom. The van der Waals surface area contributed by atoms with Crippen molar-refractivity contribution in [3.8, 4) is 0 Å². The van der Waals surface area contributed by atoms with Gasteiger partial charge in [-0.05, 0) is 25.7 Å². The molecule has 84 valence electrons. The van der Waals surface area contributed by atoms with Gasteiger partial charge in [-0.25, -0.2) is 0 Å². The summed E-state index contributed by atoms with van der Waals surface area (Å²) in [6.45, 7) is 3.77. The van der Waals surface area contributed by atoms with Gasteiger partial charge in [0.1, 0.15) is 0 Å². The van der Waals surface area contributed by atoms with Crippen molar-refractivity contribution in [3.63, 3.8) is 0 Å². The highest BCUT2D eigenvalue weighted by Crippen LogP contribution is 2.25. The number of hydrogen-bond donors (Lipinski definition) is 1. The molecule has 16 heavy (non-hydrogen) atoms. The third kappa shape index (κ3) is 2.77. The Kier molecular flexibility index (Phi) is 3.85. The van der Waals surface area contributed by atoms with Crippen LogP contribution in [-0.2, 0) is 0 Å². The van der Waals surface area contributed by atoms with E-state index in [0.29, 0.717) is 12.0 Å². The highest BCUT2D eigenvalue weighted by molar-refractivity contribution is 5.32. The van der Waals surface area contributed by atoms with Gasteiger partial charge in [0.25, 0.3) is 0 Å². The standard InChI is InChI=1S/C15H19N/c1-2-3-8-15-10-9-13-6-4-5-7-14(13)11-12-16-15/h2,4-7,12-13,15-16H,1,3,8-10H2. The van der Waals surface area contributed by atoms with E-state index in [2.05, 4.69) is 41.9 Å². The predicted molar refractivity (Wildman–Crippen MR) is 69.0 cm³/mol. The van der Waals surface area contributed by atoms with E-state index in [1.807, 2.05) is 12.3 Å². The van der Waals surface area contributed by atoms with E-state index in [1.54, 1.807) is 0 Å². The molecule has 1 aliphatic heterocycles. The number of allylic oxidation sites excluding steroid dienone is 6. The van der Waals surface area contributed by atoms with Crippen LogP contribution in [0.1, 0.15) is 25.7 Å². The van der Waals surface area contributed by atoms with Crippen LogP contribution < -0.4 is 5.32 Å². The Balaban J connectivity index is 2.04. The monoisotopic (exact) mass is 213 g/mol. The van der Waals surface area contributed by atoms with Gasteiger partial charge in [0, 0.05) is 23.7 Å². The van der Waals surface area contributed by atoms with Crippen molar-refractivity contribution in [2.45, 2.75) is 31.7 Å². The number of hydrogen-bond acceptors (Lipinski definition) is 1. The quantitative estimate of drug-likeness (QED) is 0.559. The largest absolute Gasteiger partial charge is 0.382 e. The minimum absolute atomic E-state index is 0.564. The molecular formula is C15H19N. The zero-order valence-electron chi connectivity index (χ0n) is 9.65. The average molecular weight is 213 g/mol. The number of rotatable bonds is 3. The molecule has 0 fully saturated rings. The summed E-state index contributed by atoms with van der Waals surface area (Å²) < 4.78 is 0. The van der Waals surface area contributed by atoms with Crippen molar-refractivity contribution in [1.82, 2.24) is 5.32 Å². The maximum Gasteiger partial charge on any atom is 0.0403 e. The Morgan fingerprint density at radius 2 is 2.38 bits per heavy atom. The van der Waals surface area contributed by atoms with Crippen molar-refractivity contribution in [3.05, 3.63) is 54.5 Å². The molecule has 2 atom stereocenters. The van der Waals surface area contributed by atoms with E-state index in [4.69, 9.17) is 0 Å². The molecule has 0 amide bonds. The molecule has 1 heteroatoms. The van der Waals surface area contributed by atoms with E-state index in [9.17, 15) is 0 Å². The molecule has 0 spiro atoms. The first kappa shape index (κ1) is 11.0. The van der Waals surface area contributed by atoms with Gasteiger partial charge in [-0.1, -0.05) is 36.1 Å². The first-order valence-corrected chi connectivity index (χ1v) is 6.07. The van der Waals surface area contributed by atoms with Crippen LogP contribution >= 0.6 is 0 Å². The summed E-state index contributed by atoms with van der Waals surface area (Å²) in [6, 6.07) is 0.575. The SMILES string of the molecule is C=CCCC1CCC2C=CC=CC2=C=CN1. The molecule has 2 unspecified atom stereocenters. The van der Waals surface area contributed by atoms with Crippen LogP contribution in [0.2, 0.25) is 0 Å². The molecule has 0 saturated carbocycles. The second-order valence-corrected chi connectivity index (χ2v) is 4.40. The maximum atomic E-state index is 3.77. The Morgan fingerprint density at radius 1 is 1.44 bits per heavy atom. The lowest BCUT2D eigenvalue weighted by atomic mass is 9.88. The van der Waals surface area contributed by atoms with Crippen LogP contribution in [-0.4, -0.2) is 6.04 Å². The Bertz CT molecular complexity index is 367. The number of fused-ring (bicyclic) bond motifs is 1. The minimum Gasteiger partial charge on any atom is -0.382 e. The summed E-state index contributed by atoms with van der Waals surface area (Å²) in [5, 5.41) is 3.43. The molecule has 2 rings (SSSR count). The molecule has 1 aliphatic carbocycles. The second kappa shape index (κ2) is 5.58. The Hall–Kier alpha value is -1.46. The third-order valence-electron chi connectivity index (χ3n) is 3.23. The van der Waals surface area contributed by atoms with Crippen LogP contribution in [0.3, 0.4) is 0 Å². The molecule has 0 aromatic rings. The predicted octanol–water partition coefficient (Wildman–Crippen LogP) is 3.49. The van der Waals surface area contributed by atoms with Gasteiger partial charge >= 0.3 is 0 Å². The topological polar surface area (TPSA) is 12.0 Å². The molecule has 2 aliphatic rings. The summed E-state index contributed by atoms with van der Waals surface area (Å²) in [7, 11) is 0. The number of nitrogens with one attached hydrogen (secondary N) is 1. The summed E-state index contributed by atoms with van der Waals surface area (Å²) in [4.78, 5) is 0. The highest BCUT2D eigenvalue weighted by Gasteiger charge is 2.15. The van der Waals surface area contributed by atoms with Gasteiger partial charge in [0.05, 0.1) is 0 Å². The van der Waals surface area contributed by atoms with Crippen molar-refractivity contribution in [1.29, 1.82) is 0 Å². The van der Waals surface area contributed by atoms with E-state index in [0.717, 1.165) is 6.42 Å². The van der Waals surface area contributed by atoms with Gasteiger partial charge in [-0.3, -0.25) is 0 Å². The molecular weight excluding hydrogens is 194 g/mol. The summed E-state index contributed by atoms with van der Waals surface area (Å²) in [5.41, 5.74) is 4.65. The smallest absolute Gasteiger partial charge is 0.0403 e. The minimum atomic E-state index is 0.564. The fourth-order valence-electron chi connectivity index (χ4n) is 2.25. The summed E-state index contributed by atoms with van der Waals surface area (Å²) in [5.74, 6) is 0.564. The molecule has 1 heterocycles. The van der Waals surface area contributed by atoms with Crippen LogP contribution in [0.25, 0.3) is 0 Å². The van der Waals surface area contributed by atoms with E-state index in [-0.39, 0.29) is 0 Å². The molecule has 0 radical (unpaired) electrons. The van der Waals surface area contributed by atoms with Crippen molar-refractivity contribution in [2.24, 2.45) is 5.92 Å². The Labute approximate surface area is 97.9 Å². The van der Waals surface area contributed by atoms with E-state index >= 15 is 0 Å². The van der Waals surface area contributed by atoms with Crippen molar-refractivity contribution in [2.75, 3.05) is 0 Å². The fourth-order valence-corrected chi connectivity index (χ4v) is 2.25. The molecule has 0 aromatic carbocycles. The average Bonchev–Trinajstić information content (AvgIpc) is 2.29. The van der Waals surface area contributed by atoms with Gasteiger partial charge in [0.15, 0.2) is 0 Å². The first-order chi connectivity index (χ1) is 7.90. The van der Waals surface area contributed by atoms with Crippen LogP contribution in [0.15, 0.2) is 54.5 Å². The van der Waals surface area contributed by atoms with E-state index in [1.165, 1.54) is 24.8 Å². The summed E-state index contributed by atoms with van der Waals surface area (Å²) in [6.07, 6.45) is 17.3. The normalized spacial score (nSPS) is 27.4. The van der Waals surface area contributed by atoms with Gasteiger partial charge < -0.3 is 5.32 Å². The lowest BCUT2D eigenvalue weighted by Crippen LogP contribution is -2.26. The fraction of sp³-hybridized carbons (Fsp3) is 0.400. The second-order valence-electron chi connectivity index (χ2n) is 4.40. The molecule has 0 bridgehead atoms. The first-order valence-electron chi connectivity index (χ1n) is 6.07. The van der Waals surface area contributed by atoms with Crippen molar-refractivity contribution < 1.29 is 0 Å².